The lowest BCUT2D eigenvalue weighted by Gasteiger charge is -1.88. The summed E-state index contributed by atoms with van der Waals surface area (Å²) in [5, 5.41) is 8.59. The highest BCUT2D eigenvalue weighted by atomic mass is 16.4. The molecule has 0 saturated carbocycles. The molecule has 0 aromatic carbocycles. The van der Waals surface area contributed by atoms with Crippen LogP contribution < -0.4 is 0 Å². The first-order chi connectivity index (χ1) is 6.18. The van der Waals surface area contributed by atoms with Crippen LogP contribution in [0.1, 0.15) is 16.2 Å². The predicted octanol–water partition coefficient (Wildman–Crippen LogP) is 1.23. The molecule has 0 fully saturated rings. The number of oxazole rings is 1. The van der Waals surface area contributed by atoms with Crippen LogP contribution in [0.5, 0.6) is 0 Å². The van der Waals surface area contributed by atoms with Crippen LogP contribution in [0.2, 0.25) is 0 Å². The Morgan fingerprint density at radius 2 is 2.38 bits per heavy atom. The van der Waals surface area contributed by atoms with Gasteiger partial charge in [-0.2, -0.15) is 4.98 Å². The Bertz CT molecular complexity index is 475. The number of hydrogen-bond acceptors (Lipinski definition) is 4. The molecule has 5 heteroatoms. The Balaban J connectivity index is 2.75. The maximum atomic E-state index is 10.5. The number of hydrogen-bond donors (Lipinski definition) is 1. The van der Waals surface area contributed by atoms with E-state index in [1.54, 1.807) is 19.2 Å². The van der Waals surface area contributed by atoms with E-state index in [9.17, 15) is 4.79 Å². The van der Waals surface area contributed by atoms with Gasteiger partial charge >= 0.3 is 11.9 Å². The first-order valence-electron chi connectivity index (χ1n) is 3.64. The predicted molar refractivity (Wildman–Crippen MR) is 43.5 cm³/mol. The van der Waals surface area contributed by atoms with Crippen molar-refractivity contribution in [1.29, 1.82) is 0 Å². The van der Waals surface area contributed by atoms with Gasteiger partial charge in [0.05, 0.1) is 0 Å². The molecule has 0 atom stereocenters. The van der Waals surface area contributed by atoms with Gasteiger partial charge in [-0.25, -0.2) is 9.78 Å². The minimum absolute atomic E-state index is 0.322. The molecule has 0 aliphatic heterocycles. The third-order valence-corrected chi connectivity index (χ3v) is 1.67. The molecule has 2 aromatic heterocycles. The lowest BCUT2D eigenvalue weighted by atomic mass is 10.3. The van der Waals surface area contributed by atoms with Gasteiger partial charge in [-0.15, -0.1) is 0 Å². The molecular weight excluding hydrogens is 172 g/mol. The van der Waals surface area contributed by atoms with Crippen LogP contribution in [-0.4, -0.2) is 21.0 Å². The number of aromatic nitrogens is 2. The number of fused-ring (bicyclic) bond motifs is 1. The number of rotatable bonds is 1. The third-order valence-electron chi connectivity index (χ3n) is 1.67. The van der Waals surface area contributed by atoms with Crippen LogP contribution in [0, 0.1) is 6.92 Å². The van der Waals surface area contributed by atoms with Gasteiger partial charge in [-0.3, -0.25) is 0 Å². The summed E-state index contributed by atoms with van der Waals surface area (Å²) in [5.41, 5.74) is 1.59. The molecule has 0 bridgehead atoms. The Kier molecular flexibility index (Phi) is 1.51. The van der Waals surface area contributed by atoms with Crippen LogP contribution in [0.15, 0.2) is 16.7 Å². The fourth-order valence-electron chi connectivity index (χ4n) is 1.04. The molecular formula is C8H6N2O3. The molecule has 5 nitrogen and oxygen atoms in total. The maximum absolute atomic E-state index is 10.5. The lowest BCUT2D eigenvalue weighted by molar-refractivity contribution is 0.0656. The minimum Gasteiger partial charge on any atom is -0.474 e. The number of carbonyl (C=O) groups is 1. The van der Waals surface area contributed by atoms with E-state index in [1.165, 1.54) is 0 Å². The lowest BCUT2D eigenvalue weighted by Crippen LogP contribution is -1.94. The first-order valence-corrected chi connectivity index (χ1v) is 3.64. The van der Waals surface area contributed by atoms with Crippen LogP contribution in [0.25, 0.3) is 11.2 Å². The normalized spacial score (nSPS) is 10.5. The van der Waals surface area contributed by atoms with E-state index in [0.29, 0.717) is 11.2 Å². The molecule has 0 spiro atoms. The summed E-state index contributed by atoms with van der Waals surface area (Å²) >= 11 is 0. The van der Waals surface area contributed by atoms with Crippen molar-refractivity contribution in [1.82, 2.24) is 9.97 Å². The summed E-state index contributed by atoms with van der Waals surface area (Å²) in [5.74, 6) is -1.51. The van der Waals surface area contributed by atoms with Crippen molar-refractivity contribution < 1.29 is 14.3 Å². The van der Waals surface area contributed by atoms with Crippen LogP contribution in [-0.2, 0) is 0 Å². The molecule has 0 amide bonds. The highest BCUT2D eigenvalue weighted by Crippen LogP contribution is 2.16. The Morgan fingerprint density at radius 1 is 1.62 bits per heavy atom. The zero-order valence-electron chi connectivity index (χ0n) is 6.81. The van der Waals surface area contributed by atoms with Gasteiger partial charge in [0.15, 0.2) is 11.2 Å². The number of aromatic carboxylic acids is 1. The van der Waals surface area contributed by atoms with Crippen LogP contribution in [0.4, 0.5) is 0 Å². The monoisotopic (exact) mass is 178 g/mol. The largest absolute Gasteiger partial charge is 0.474 e. The van der Waals surface area contributed by atoms with Crippen LogP contribution >= 0.6 is 0 Å². The van der Waals surface area contributed by atoms with E-state index in [0.717, 1.165) is 5.56 Å². The second kappa shape index (κ2) is 2.55. The molecule has 2 heterocycles. The average molecular weight is 178 g/mol. The van der Waals surface area contributed by atoms with E-state index in [4.69, 9.17) is 9.52 Å². The highest BCUT2D eigenvalue weighted by Gasteiger charge is 2.13. The summed E-state index contributed by atoms with van der Waals surface area (Å²) in [4.78, 5) is 18.1. The Morgan fingerprint density at radius 3 is 3.00 bits per heavy atom. The fourth-order valence-corrected chi connectivity index (χ4v) is 1.04. The second-order valence-electron chi connectivity index (χ2n) is 2.60. The van der Waals surface area contributed by atoms with Crippen molar-refractivity contribution in [3.63, 3.8) is 0 Å². The molecule has 0 radical (unpaired) electrons. The zero-order chi connectivity index (χ0) is 9.42. The summed E-state index contributed by atoms with van der Waals surface area (Å²) in [7, 11) is 0. The molecule has 0 aliphatic rings. The molecule has 13 heavy (non-hydrogen) atoms. The minimum atomic E-state index is -1.18. The van der Waals surface area contributed by atoms with E-state index in [1.807, 2.05) is 0 Å². The first kappa shape index (κ1) is 7.72. The molecule has 0 saturated heterocycles. The fraction of sp³-hybridized carbons (Fsp3) is 0.125. The van der Waals surface area contributed by atoms with E-state index in [2.05, 4.69) is 9.97 Å². The summed E-state index contributed by atoms with van der Waals surface area (Å²) < 4.78 is 4.99. The van der Waals surface area contributed by atoms with Crippen molar-refractivity contribution in [2.24, 2.45) is 0 Å². The van der Waals surface area contributed by atoms with Gasteiger partial charge in [0, 0.05) is 6.20 Å². The SMILES string of the molecule is Cc1ccnc2nc(C(=O)O)oc12. The summed E-state index contributed by atoms with van der Waals surface area (Å²) in [6.07, 6.45) is 1.56. The topological polar surface area (TPSA) is 76.2 Å². The maximum Gasteiger partial charge on any atom is 0.392 e. The van der Waals surface area contributed by atoms with Crippen LogP contribution in [0.3, 0.4) is 0 Å². The van der Waals surface area contributed by atoms with Crippen molar-refractivity contribution >= 4 is 17.2 Å². The molecule has 2 rings (SSSR count). The van der Waals surface area contributed by atoms with Gasteiger partial charge in [0.2, 0.25) is 0 Å². The summed E-state index contributed by atoms with van der Waals surface area (Å²) in [6.45, 7) is 1.81. The van der Waals surface area contributed by atoms with E-state index < -0.39 is 5.97 Å². The van der Waals surface area contributed by atoms with Gasteiger partial charge in [-0.1, -0.05) is 0 Å². The number of pyridine rings is 1. The number of nitrogens with zero attached hydrogens (tertiary/aromatic N) is 2. The Labute approximate surface area is 73.0 Å². The molecule has 0 aliphatic carbocycles. The van der Waals surface area contributed by atoms with Crippen molar-refractivity contribution in [3.8, 4) is 0 Å². The molecule has 66 valence electrons. The molecule has 2 aromatic rings. The average Bonchev–Trinajstić information content (AvgIpc) is 2.49. The molecule has 0 unspecified atom stereocenters. The summed E-state index contributed by atoms with van der Waals surface area (Å²) in [6, 6.07) is 1.74. The van der Waals surface area contributed by atoms with Crippen molar-refractivity contribution in [2.75, 3.05) is 0 Å². The number of carboxylic acids is 1. The van der Waals surface area contributed by atoms with Gasteiger partial charge < -0.3 is 9.52 Å². The standard InChI is InChI=1S/C8H6N2O3/c1-4-2-3-9-6-5(4)13-7(10-6)8(11)12/h2-3H,1H3,(H,11,12). The number of aryl methyl sites for hydroxylation is 1. The number of carboxylic acid groups (broad SMARTS) is 1. The molecule has 1 N–H and O–H groups in total. The second-order valence-corrected chi connectivity index (χ2v) is 2.60. The Hall–Kier alpha value is -1.91. The zero-order valence-corrected chi connectivity index (χ0v) is 6.81. The van der Waals surface area contributed by atoms with Crippen molar-refractivity contribution in [2.45, 2.75) is 6.92 Å². The van der Waals surface area contributed by atoms with Gasteiger partial charge in [0.25, 0.3) is 0 Å². The highest BCUT2D eigenvalue weighted by molar-refractivity contribution is 5.86. The third kappa shape index (κ3) is 1.14. The quantitative estimate of drug-likeness (QED) is 0.710. The van der Waals surface area contributed by atoms with E-state index in [-0.39, 0.29) is 5.89 Å². The van der Waals surface area contributed by atoms with Gasteiger partial charge in [0.1, 0.15) is 0 Å². The van der Waals surface area contributed by atoms with Crippen molar-refractivity contribution in [3.05, 3.63) is 23.7 Å². The van der Waals surface area contributed by atoms with E-state index >= 15 is 0 Å². The van der Waals surface area contributed by atoms with Gasteiger partial charge in [-0.05, 0) is 18.6 Å². The smallest absolute Gasteiger partial charge is 0.392 e.